The van der Waals surface area contributed by atoms with E-state index in [2.05, 4.69) is 22.5 Å². The summed E-state index contributed by atoms with van der Waals surface area (Å²) in [6, 6.07) is 8.25. The van der Waals surface area contributed by atoms with Gasteiger partial charge >= 0.3 is 0 Å². The lowest BCUT2D eigenvalue weighted by molar-refractivity contribution is -0.115. The molecule has 0 radical (unpaired) electrons. The molecule has 1 amide bonds. The summed E-state index contributed by atoms with van der Waals surface area (Å²) >= 11 is 0. The van der Waals surface area contributed by atoms with Crippen LogP contribution in [0, 0.1) is 5.92 Å². The first-order valence-electron chi connectivity index (χ1n) is 8.71. The Morgan fingerprint density at radius 2 is 1.96 bits per heavy atom. The summed E-state index contributed by atoms with van der Waals surface area (Å²) in [5, 5.41) is 6.43. The normalized spacial score (nSPS) is 22.8. The Morgan fingerprint density at radius 1 is 1.17 bits per heavy atom. The molecule has 1 aliphatic heterocycles. The third kappa shape index (κ3) is 2.98. The molecular formula is C19H22N4O. The van der Waals surface area contributed by atoms with Crippen molar-refractivity contribution in [3.05, 3.63) is 36.0 Å². The number of nitrogens with zero attached hydrogens (tertiary/aromatic N) is 2. The number of rotatable bonds is 2. The van der Waals surface area contributed by atoms with Gasteiger partial charge in [0.1, 0.15) is 0 Å². The van der Waals surface area contributed by atoms with Gasteiger partial charge in [-0.05, 0) is 37.7 Å². The molecule has 2 N–H and O–H groups in total. The van der Waals surface area contributed by atoms with E-state index in [9.17, 15) is 4.79 Å². The summed E-state index contributed by atoms with van der Waals surface area (Å²) < 4.78 is 0. The standard InChI is InChI=1S/C19H22N4O/c1-12-6-8-14(9-7-12)21-19-20-11-13-10-17(24)22-16-5-3-2-4-15(16)18(13)23-19/h2-5,11-12,14H,6-10H2,1H3,(H,22,24)(H,20,21,23). The summed E-state index contributed by atoms with van der Waals surface area (Å²) in [5.74, 6) is 1.46. The zero-order chi connectivity index (χ0) is 16.5. The van der Waals surface area contributed by atoms with Gasteiger partial charge in [0, 0.05) is 23.4 Å². The van der Waals surface area contributed by atoms with Gasteiger partial charge in [-0.25, -0.2) is 9.97 Å². The Bertz CT molecular complexity index is 766. The van der Waals surface area contributed by atoms with E-state index < -0.39 is 0 Å². The highest BCUT2D eigenvalue weighted by atomic mass is 16.1. The molecule has 1 aromatic carbocycles. The number of carbonyl (C=O) groups excluding carboxylic acids is 1. The van der Waals surface area contributed by atoms with Crippen LogP contribution >= 0.6 is 0 Å². The molecule has 1 fully saturated rings. The number of hydrogen-bond donors (Lipinski definition) is 2. The van der Waals surface area contributed by atoms with Crippen LogP contribution in [0.3, 0.4) is 0 Å². The quantitative estimate of drug-likeness (QED) is 0.886. The molecule has 2 aromatic rings. The van der Waals surface area contributed by atoms with Gasteiger partial charge in [0.2, 0.25) is 11.9 Å². The smallest absolute Gasteiger partial charge is 0.228 e. The molecule has 0 unspecified atom stereocenters. The third-order valence-corrected chi connectivity index (χ3v) is 5.02. The molecule has 0 saturated heterocycles. The summed E-state index contributed by atoms with van der Waals surface area (Å²) in [6.45, 7) is 2.32. The minimum absolute atomic E-state index is 0.0215. The summed E-state index contributed by atoms with van der Waals surface area (Å²) in [5.41, 5.74) is 3.50. The van der Waals surface area contributed by atoms with Gasteiger partial charge in [-0.1, -0.05) is 25.1 Å². The number of aromatic nitrogens is 2. The molecule has 0 spiro atoms. The van der Waals surface area contributed by atoms with E-state index in [1.807, 2.05) is 24.3 Å². The van der Waals surface area contributed by atoms with Crippen molar-refractivity contribution in [3.8, 4) is 11.3 Å². The van der Waals surface area contributed by atoms with E-state index in [4.69, 9.17) is 4.98 Å². The fraction of sp³-hybridized carbons (Fsp3) is 0.421. The predicted molar refractivity (Wildman–Crippen MR) is 94.8 cm³/mol. The summed E-state index contributed by atoms with van der Waals surface area (Å²) in [4.78, 5) is 21.3. The second-order valence-electron chi connectivity index (χ2n) is 6.94. The van der Waals surface area contributed by atoms with Crippen molar-refractivity contribution in [3.63, 3.8) is 0 Å². The second-order valence-corrected chi connectivity index (χ2v) is 6.94. The molecule has 0 atom stereocenters. The van der Waals surface area contributed by atoms with Gasteiger partial charge in [-0.3, -0.25) is 4.79 Å². The number of carbonyl (C=O) groups is 1. The molecule has 1 saturated carbocycles. The largest absolute Gasteiger partial charge is 0.351 e. The topological polar surface area (TPSA) is 66.9 Å². The van der Waals surface area contributed by atoms with Gasteiger partial charge in [0.25, 0.3) is 0 Å². The van der Waals surface area contributed by atoms with Crippen LogP contribution in [-0.4, -0.2) is 21.9 Å². The van der Waals surface area contributed by atoms with Crippen molar-refractivity contribution in [1.29, 1.82) is 0 Å². The van der Waals surface area contributed by atoms with Crippen LogP contribution in [0.1, 0.15) is 38.2 Å². The van der Waals surface area contributed by atoms with E-state index in [1.165, 1.54) is 12.8 Å². The second kappa shape index (κ2) is 6.23. The Kier molecular flexibility index (Phi) is 3.92. The average Bonchev–Trinajstić information content (AvgIpc) is 2.72. The Morgan fingerprint density at radius 3 is 2.79 bits per heavy atom. The average molecular weight is 322 g/mol. The number of amides is 1. The first-order chi connectivity index (χ1) is 11.7. The monoisotopic (exact) mass is 322 g/mol. The van der Waals surface area contributed by atoms with E-state index in [0.29, 0.717) is 18.4 Å². The fourth-order valence-corrected chi connectivity index (χ4v) is 3.59. The van der Waals surface area contributed by atoms with E-state index in [0.717, 1.165) is 41.3 Å². The van der Waals surface area contributed by atoms with Gasteiger partial charge in [-0.2, -0.15) is 0 Å². The maximum Gasteiger partial charge on any atom is 0.228 e. The van der Waals surface area contributed by atoms with Crippen molar-refractivity contribution >= 4 is 17.5 Å². The Hall–Kier alpha value is -2.43. The minimum atomic E-state index is -0.0215. The van der Waals surface area contributed by atoms with Gasteiger partial charge in [-0.15, -0.1) is 0 Å². The number of anilines is 2. The summed E-state index contributed by atoms with van der Waals surface area (Å²) in [7, 11) is 0. The van der Waals surface area contributed by atoms with Crippen LogP contribution in [0.2, 0.25) is 0 Å². The van der Waals surface area contributed by atoms with Crippen LogP contribution in [0.15, 0.2) is 30.5 Å². The van der Waals surface area contributed by atoms with Gasteiger partial charge < -0.3 is 10.6 Å². The number of fused-ring (bicyclic) bond motifs is 3. The van der Waals surface area contributed by atoms with E-state index in [-0.39, 0.29) is 5.91 Å². The molecule has 1 aromatic heterocycles. The first kappa shape index (κ1) is 15.1. The van der Waals surface area contributed by atoms with Crippen LogP contribution in [0.5, 0.6) is 0 Å². The van der Waals surface area contributed by atoms with Crippen LogP contribution < -0.4 is 10.6 Å². The zero-order valence-electron chi connectivity index (χ0n) is 13.9. The molecule has 124 valence electrons. The lowest BCUT2D eigenvalue weighted by Crippen LogP contribution is -2.26. The van der Waals surface area contributed by atoms with E-state index in [1.54, 1.807) is 6.20 Å². The molecule has 0 bridgehead atoms. The summed E-state index contributed by atoms with van der Waals surface area (Å²) in [6.07, 6.45) is 6.94. The maximum absolute atomic E-state index is 12.1. The molecule has 5 nitrogen and oxygen atoms in total. The SMILES string of the molecule is CC1CCC(Nc2ncc3c(n2)-c2ccccc2NC(=O)C3)CC1. The van der Waals surface area contributed by atoms with Crippen LogP contribution in [0.25, 0.3) is 11.3 Å². The third-order valence-electron chi connectivity index (χ3n) is 5.02. The number of nitrogens with one attached hydrogen (secondary N) is 2. The number of benzene rings is 1. The molecule has 5 heteroatoms. The molecule has 2 heterocycles. The van der Waals surface area contributed by atoms with Crippen LogP contribution in [0.4, 0.5) is 11.6 Å². The Balaban J connectivity index is 1.65. The van der Waals surface area contributed by atoms with Crippen molar-refractivity contribution in [2.75, 3.05) is 10.6 Å². The molecule has 4 rings (SSSR count). The van der Waals surface area contributed by atoms with Crippen molar-refractivity contribution in [1.82, 2.24) is 9.97 Å². The molecule has 1 aliphatic carbocycles. The van der Waals surface area contributed by atoms with E-state index >= 15 is 0 Å². The zero-order valence-corrected chi connectivity index (χ0v) is 13.9. The highest BCUT2D eigenvalue weighted by Gasteiger charge is 2.22. The lowest BCUT2D eigenvalue weighted by atomic mass is 9.87. The molecular weight excluding hydrogens is 300 g/mol. The lowest BCUT2D eigenvalue weighted by Gasteiger charge is -2.27. The first-order valence-corrected chi connectivity index (χ1v) is 8.71. The van der Waals surface area contributed by atoms with Crippen LogP contribution in [-0.2, 0) is 11.2 Å². The van der Waals surface area contributed by atoms with Gasteiger partial charge in [0.05, 0.1) is 17.8 Å². The predicted octanol–water partition coefficient (Wildman–Crippen LogP) is 3.63. The minimum Gasteiger partial charge on any atom is -0.351 e. The number of hydrogen-bond acceptors (Lipinski definition) is 4. The molecule has 2 aliphatic rings. The number of para-hydroxylation sites is 1. The highest BCUT2D eigenvalue weighted by molar-refractivity contribution is 5.99. The Labute approximate surface area is 141 Å². The highest BCUT2D eigenvalue weighted by Crippen LogP contribution is 2.33. The van der Waals surface area contributed by atoms with Crippen molar-refractivity contribution < 1.29 is 4.79 Å². The maximum atomic E-state index is 12.1. The van der Waals surface area contributed by atoms with Crippen molar-refractivity contribution in [2.45, 2.75) is 45.1 Å². The van der Waals surface area contributed by atoms with Crippen molar-refractivity contribution in [2.24, 2.45) is 5.92 Å². The fourth-order valence-electron chi connectivity index (χ4n) is 3.59. The molecule has 24 heavy (non-hydrogen) atoms. The van der Waals surface area contributed by atoms with Gasteiger partial charge in [0.15, 0.2) is 0 Å².